The molecule has 0 unspecified atom stereocenters. The molecule has 0 radical (unpaired) electrons. The molecular weight excluding hydrogens is 248 g/mol. The van der Waals surface area contributed by atoms with E-state index < -0.39 is 0 Å². The second-order valence-electron chi connectivity index (χ2n) is 4.73. The molecule has 1 saturated heterocycles. The number of nitrogens with one attached hydrogen (secondary N) is 1. The van der Waals surface area contributed by atoms with Gasteiger partial charge in [0.05, 0.1) is 0 Å². The molecule has 18 heavy (non-hydrogen) atoms. The number of aryl methyl sites for hydroxylation is 1. The van der Waals surface area contributed by atoms with Crippen LogP contribution in [0.15, 0.2) is 6.07 Å². The van der Waals surface area contributed by atoms with Crippen molar-refractivity contribution < 1.29 is 0 Å². The van der Waals surface area contributed by atoms with Crippen LogP contribution in [0.4, 0.5) is 5.82 Å². The predicted molar refractivity (Wildman–Crippen MR) is 75.3 cm³/mol. The number of hydrogen-bond acceptors (Lipinski definition) is 4. The van der Waals surface area contributed by atoms with Crippen molar-refractivity contribution in [2.24, 2.45) is 0 Å². The van der Waals surface area contributed by atoms with Gasteiger partial charge in [0.15, 0.2) is 0 Å². The molecular formula is C13H21ClN4. The van der Waals surface area contributed by atoms with E-state index >= 15 is 0 Å². The van der Waals surface area contributed by atoms with Gasteiger partial charge in [0.1, 0.15) is 5.82 Å². The Morgan fingerprint density at radius 2 is 2.28 bits per heavy atom. The van der Waals surface area contributed by atoms with Gasteiger partial charge in [-0.2, -0.15) is 0 Å². The highest BCUT2D eigenvalue weighted by Crippen LogP contribution is 2.21. The van der Waals surface area contributed by atoms with Gasteiger partial charge in [-0.3, -0.25) is 0 Å². The summed E-state index contributed by atoms with van der Waals surface area (Å²) in [5, 5.41) is 3.84. The van der Waals surface area contributed by atoms with E-state index in [0.29, 0.717) is 11.3 Å². The molecule has 1 aromatic rings. The molecule has 1 fully saturated rings. The third-order valence-corrected chi connectivity index (χ3v) is 3.42. The van der Waals surface area contributed by atoms with Crippen LogP contribution in [0, 0.1) is 0 Å². The number of halogens is 1. The fourth-order valence-electron chi connectivity index (χ4n) is 2.42. The fraction of sp³-hybridized carbons (Fsp3) is 0.692. The molecule has 1 atom stereocenters. The summed E-state index contributed by atoms with van der Waals surface area (Å²) in [6.07, 6.45) is 3.20. The molecule has 5 heteroatoms. The number of likely N-dealkylation sites (N-methyl/N-ethyl adjacent to an activating group) is 1. The van der Waals surface area contributed by atoms with Crippen molar-refractivity contribution >= 4 is 17.4 Å². The highest BCUT2D eigenvalue weighted by Gasteiger charge is 2.23. The molecule has 0 aromatic carbocycles. The van der Waals surface area contributed by atoms with Crippen LogP contribution in [0.25, 0.3) is 0 Å². The normalized spacial score (nSPS) is 19.5. The number of nitrogens with zero attached hydrogens (tertiary/aromatic N) is 3. The minimum Gasteiger partial charge on any atom is -0.355 e. The maximum absolute atomic E-state index is 6.00. The van der Waals surface area contributed by atoms with Gasteiger partial charge in [-0.1, -0.05) is 20.3 Å². The first-order chi connectivity index (χ1) is 8.72. The van der Waals surface area contributed by atoms with Crippen molar-refractivity contribution in [3.8, 4) is 0 Å². The third kappa shape index (κ3) is 3.33. The van der Waals surface area contributed by atoms with Crippen LogP contribution in [0.3, 0.4) is 0 Å². The lowest BCUT2D eigenvalue weighted by Gasteiger charge is -2.18. The minimum absolute atomic E-state index is 0.364. The van der Waals surface area contributed by atoms with E-state index in [1.165, 1.54) is 6.42 Å². The molecule has 0 amide bonds. The topological polar surface area (TPSA) is 41.0 Å². The lowest BCUT2D eigenvalue weighted by molar-refractivity contribution is 0.571. The Bertz CT molecular complexity index is 397. The van der Waals surface area contributed by atoms with Crippen LogP contribution < -0.4 is 10.2 Å². The summed E-state index contributed by atoms with van der Waals surface area (Å²) in [5.74, 6) is 0.971. The Balaban J connectivity index is 2.08. The van der Waals surface area contributed by atoms with Crippen molar-refractivity contribution in [3.05, 3.63) is 17.0 Å². The summed E-state index contributed by atoms with van der Waals surface area (Å²) in [6, 6.07) is 2.64. The second-order valence-corrected chi connectivity index (χ2v) is 5.06. The summed E-state index contributed by atoms with van der Waals surface area (Å²) in [5.41, 5.74) is 1.04. The lowest BCUT2D eigenvalue weighted by atomic mass is 10.2. The van der Waals surface area contributed by atoms with Crippen molar-refractivity contribution in [2.75, 3.05) is 24.5 Å². The molecule has 100 valence electrons. The second kappa shape index (κ2) is 6.34. The number of hydrogen-bond donors (Lipinski definition) is 1. The molecule has 1 aromatic heterocycles. The minimum atomic E-state index is 0.364. The highest BCUT2D eigenvalue weighted by atomic mass is 35.5. The van der Waals surface area contributed by atoms with E-state index in [4.69, 9.17) is 11.6 Å². The van der Waals surface area contributed by atoms with Crippen LogP contribution in [0.5, 0.6) is 0 Å². The van der Waals surface area contributed by atoms with Crippen LogP contribution >= 0.6 is 11.6 Å². The molecule has 2 heterocycles. The van der Waals surface area contributed by atoms with E-state index in [1.807, 2.05) is 0 Å². The zero-order chi connectivity index (χ0) is 13.0. The molecule has 0 bridgehead atoms. The Labute approximate surface area is 114 Å². The smallest absolute Gasteiger partial charge is 0.224 e. The van der Waals surface area contributed by atoms with E-state index in [0.717, 1.165) is 44.0 Å². The van der Waals surface area contributed by atoms with Crippen molar-refractivity contribution in [3.63, 3.8) is 0 Å². The largest absolute Gasteiger partial charge is 0.355 e. The highest BCUT2D eigenvalue weighted by molar-refractivity contribution is 6.28. The van der Waals surface area contributed by atoms with Gasteiger partial charge in [-0.05, 0) is 31.0 Å². The number of aromatic nitrogens is 2. The van der Waals surface area contributed by atoms with Crippen LogP contribution in [0.2, 0.25) is 5.28 Å². The first kappa shape index (κ1) is 13.6. The monoisotopic (exact) mass is 268 g/mol. The van der Waals surface area contributed by atoms with E-state index in [2.05, 4.69) is 40.1 Å². The van der Waals surface area contributed by atoms with E-state index in [9.17, 15) is 0 Å². The molecule has 0 aliphatic carbocycles. The summed E-state index contributed by atoms with van der Waals surface area (Å²) >= 11 is 6.00. The van der Waals surface area contributed by atoms with Crippen LogP contribution in [-0.2, 0) is 6.42 Å². The average Bonchev–Trinajstić information content (AvgIpc) is 2.78. The van der Waals surface area contributed by atoms with Crippen LogP contribution in [0.1, 0.15) is 32.4 Å². The third-order valence-electron chi connectivity index (χ3n) is 3.25. The van der Waals surface area contributed by atoms with E-state index in [-0.39, 0.29) is 0 Å². The van der Waals surface area contributed by atoms with Gasteiger partial charge in [-0.15, -0.1) is 0 Å². The number of anilines is 1. The SMILES string of the molecule is CCCc1cc(N2CC[C@H](NCC)C2)nc(Cl)n1. The zero-order valence-electron chi connectivity index (χ0n) is 11.1. The zero-order valence-corrected chi connectivity index (χ0v) is 11.9. The first-order valence-corrected chi connectivity index (χ1v) is 7.12. The molecule has 1 aliphatic heterocycles. The quantitative estimate of drug-likeness (QED) is 0.832. The predicted octanol–water partition coefficient (Wildman–Crippen LogP) is 2.27. The summed E-state index contributed by atoms with van der Waals surface area (Å²) in [4.78, 5) is 10.9. The maximum atomic E-state index is 6.00. The lowest BCUT2D eigenvalue weighted by Crippen LogP contribution is -2.32. The van der Waals surface area contributed by atoms with Gasteiger partial charge >= 0.3 is 0 Å². The maximum Gasteiger partial charge on any atom is 0.224 e. The molecule has 2 rings (SSSR count). The van der Waals surface area contributed by atoms with Gasteiger partial charge < -0.3 is 10.2 Å². The van der Waals surface area contributed by atoms with Crippen molar-refractivity contribution in [2.45, 2.75) is 39.2 Å². The Morgan fingerprint density at radius 1 is 1.44 bits per heavy atom. The number of rotatable bonds is 5. The molecule has 0 spiro atoms. The standard InChI is InChI=1S/C13H21ClN4/c1-3-5-10-8-12(17-13(14)16-10)18-7-6-11(9-18)15-4-2/h8,11,15H,3-7,9H2,1-2H3/t11-/m0/s1. The average molecular weight is 269 g/mol. The Hall–Kier alpha value is -0.870. The van der Waals surface area contributed by atoms with Crippen molar-refractivity contribution in [1.29, 1.82) is 0 Å². The molecule has 1 aliphatic rings. The van der Waals surface area contributed by atoms with Gasteiger partial charge in [0, 0.05) is 30.9 Å². The molecule has 0 saturated carbocycles. The molecule has 4 nitrogen and oxygen atoms in total. The summed E-state index contributed by atoms with van der Waals surface area (Å²) in [6.45, 7) is 7.35. The Kier molecular flexibility index (Phi) is 4.78. The summed E-state index contributed by atoms with van der Waals surface area (Å²) < 4.78 is 0. The Morgan fingerprint density at radius 3 is 3.00 bits per heavy atom. The van der Waals surface area contributed by atoms with Gasteiger partial charge in [-0.25, -0.2) is 9.97 Å². The fourth-order valence-corrected chi connectivity index (χ4v) is 2.62. The van der Waals surface area contributed by atoms with Crippen LogP contribution in [-0.4, -0.2) is 35.6 Å². The summed E-state index contributed by atoms with van der Waals surface area (Å²) in [7, 11) is 0. The molecule has 1 N–H and O–H groups in total. The van der Waals surface area contributed by atoms with Gasteiger partial charge in [0.2, 0.25) is 5.28 Å². The van der Waals surface area contributed by atoms with Crippen molar-refractivity contribution in [1.82, 2.24) is 15.3 Å². The van der Waals surface area contributed by atoms with Gasteiger partial charge in [0.25, 0.3) is 0 Å². The first-order valence-electron chi connectivity index (χ1n) is 6.74. The van der Waals surface area contributed by atoms with E-state index in [1.54, 1.807) is 0 Å².